The number of thiazole rings is 1. The lowest BCUT2D eigenvalue weighted by Crippen LogP contribution is -2.35. The first-order valence-electron chi connectivity index (χ1n) is 6.56. The van der Waals surface area contributed by atoms with Gasteiger partial charge in [0.1, 0.15) is 0 Å². The number of aliphatic hydroxyl groups excluding tert-OH is 1. The van der Waals surface area contributed by atoms with E-state index in [0.717, 1.165) is 38.3 Å². The summed E-state index contributed by atoms with van der Waals surface area (Å²) in [6.45, 7) is 5.61. The summed E-state index contributed by atoms with van der Waals surface area (Å²) in [6.07, 6.45) is 0.516. The Labute approximate surface area is 116 Å². The fourth-order valence-corrected chi connectivity index (χ4v) is 2.96. The molecule has 1 unspecified atom stereocenters. The van der Waals surface area contributed by atoms with Crippen LogP contribution in [0.25, 0.3) is 0 Å². The van der Waals surface area contributed by atoms with Crippen LogP contribution in [0, 0.1) is 0 Å². The van der Waals surface area contributed by atoms with Crippen LogP contribution < -0.4 is 0 Å². The molecule has 0 fully saturated rings. The van der Waals surface area contributed by atoms with E-state index in [0.29, 0.717) is 0 Å². The van der Waals surface area contributed by atoms with Crippen molar-refractivity contribution in [1.82, 2.24) is 19.7 Å². The zero-order valence-corrected chi connectivity index (χ0v) is 11.8. The minimum atomic E-state index is -0.485. The van der Waals surface area contributed by atoms with Crippen LogP contribution in [-0.2, 0) is 19.5 Å². The van der Waals surface area contributed by atoms with Crippen molar-refractivity contribution in [2.24, 2.45) is 0 Å². The van der Waals surface area contributed by atoms with Crippen molar-refractivity contribution in [3.8, 4) is 0 Å². The SMILES string of the molecule is CC(O)c1cc2n(n1)CCN(CCc1cscn1)C2. The molecule has 1 aliphatic rings. The van der Waals surface area contributed by atoms with Gasteiger partial charge in [-0.05, 0) is 13.0 Å². The molecule has 1 N–H and O–H groups in total. The highest BCUT2D eigenvalue weighted by Gasteiger charge is 2.19. The van der Waals surface area contributed by atoms with Crippen LogP contribution in [0.2, 0.25) is 0 Å². The van der Waals surface area contributed by atoms with Crippen LogP contribution in [0.3, 0.4) is 0 Å². The monoisotopic (exact) mass is 278 g/mol. The Morgan fingerprint density at radius 1 is 1.47 bits per heavy atom. The largest absolute Gasteiger partial charge is 0.387 e. The summed E-state index contributed by atoms with van der Waals surface area (Å²) in [5, 5.41) is 16.1. The summed E-state index contributed by atoms with van der Waals surface area (Å²) >= 11 is 1.65. The molecule has 0 aromatic carbocycles. The van der Waals surface area contributed by atoms with Crippen molar-refractivity contribution in [2.75, 3.05) is 13.1 Å². The van der Waals surface area contributed by atoms with Crippen molar-refractivity contribution >= 4 is 11.3 Å². The second-order valence-electron chi connectivity index (χ2n) is 4.97. The first kappa shape index (κ1) is 12.8. The van der Waals surface area contributed by atoms with E-state index in [2.05, 4.69) is 20.4 Å². The van der Waals surface area contributed by atoms with E-state index in [1.54, 1.807) is 18.3 Å². The molecular weight excluding hydrogens is 260 g/mol. The lowest BCUT2D eigenvalue weighted by atomic mass is 10.2. The highest BCUT2D eigenvalue weighted by atomic mass is 32.1. The number of hydrogen-bond donors (Lipinski definition) is 1. The van der Waals surface area contributed by atoms with Crippen LogP contribution in [-0.4, -0.2) is 37.9 Å². The quantitative estimate of drug-likeness (QED) is 0.920. The van der Waals surface area contributed by atoms with E-state index in [-0.39, 0.29) is 0 Å². The minimum absolute atomic E-state index is 0.485. The number of rotatable bonds is 4. The molecule has 0 spiro atoms. The molecule has 0 amide bonds. The molecule has 1 aliphatic heterocycles. The van der Waals surface area contributed by atoms with Crippen LogP contribution in [0.1, 0.15) is 30.1 Å². The smallest absolute Gasteiger partial charge is 0.0950 e. The third-order valence-corrected chi connectivity index (χ3v) is 4.13. The van der Waals surface area contributed by atoms with Crippen LogP contribution in [0.4, 0.5) is 0 Å². The molecule has 0 saturated carbocycles. The van der Waals surface area contributed by atoms with Gasteiger partial charge in [-0.1, -0.05) is 0 Å². The Morgan fingerprint density at radius 2 is 2.37 bits per heavy atom. The molecule has 5 nitrogen and oxygen atoms in total. The van der Waals surface area contributed by atoms with Crippen molar-refractivity contribution in [2.45, 2.75) is 32.5 Å². The van der Waals surface area contributed by atoms with Crippen molar-refractivity contribution in [1.29, 1.82) is 0 Å². The second kappa shape index (κ2) is 5.40. The Bertz CT molecular complexity index is 535. The van der Waals surface area contributed by atoms with Crippen LogP contribution >= 0.6 is 11.3 Å². The van der Waals surface area contributed by atoms with Crippen LogP contribution in [0.15, 0.2) is 17.0 Å². The van der Waals surface area contributed by atoms with Gasteiger partial charge in [0.15, 0.2) is 0 Å². The Kier molecular flexibility index (Phi) is 3.63. The van der Waals surface area contributed by atoms with E-state index in [4.69, 9.17) is 0 Å². The predicted molar refractivity (Wildman–Crippen MR) is 74.0 cm³/mol. The molecule has 102 valence electrons. The molecule has 0 bridgehead atoms. The Hall–Kier alpha value is -1.24. The number of fused-ring (bicyclic) bond motifs is 1. The molecular formula is C13H18N4OS. The zero-order valence-electron chi connectivity index (χ0n) is 11.0. The van der Waals surface area contributed by atoms with E-state index >= 15 is 0 Å². The lowest BCUT2D eigenvalue weighted by Gasteiger charge is -2.27. The summed E-state index contributed by atoms with van der Waals surface area (Å²) in [5.41, 5.74) is 5.03. The average Bonchev–Trinajstić information content (AvgIpc) is 3.04. The van der Waals surface area contributed by atoms with Gasteiger partial charge in [0, 0.05) is 31.4 Å². The Morgan fingerprint density at radius 3 is 3.11 bits per heavy atom. The van der Waals surface area contributed by atoms with Crippen molar-refractivity contribution < 1.29 is 5.11 Å². The molecule has 3 rings (SSSR count). The highest BCUT2D eigenvalue weighted by Crippen LogP contribution is 2.18. The third-order valence-electron chi connectivity index (χ3n) is 3.49. The molecule has 0 radical (unpaired) electrons. The molecule has 19 heavy (non-hydrogen) atoms. The standard InChI is InChI=1S/C13H18N4OS/c1-10(18)13-6-12-7-16(4-5-17(12)15-13)3-2-11-8-19-9-14-11/h6,8-10,18H,2-5,7H2,1H3. The lowest BCUT2D eigenvalue weighted by molar-refractivity contribution is 0.190. The van der Waals surface area contributed by atoms with Gasteiger partial charge >= 0.3 is 0 Å². The molecule has 2 aromatic heterocycles. The van der Waals surface area contributed by atoms with Gasteiger partial charge in [0.05, 0.1) is 35.2 Å². The topological polar surface area (TPSA) is 54.2 Å². The van der Waals surface area contributed by atoms with Gasteiger partial charge < -0.3 is 5.11 Å². The molecule has 6 heteroatoms. The predicted octanol–water partition coefficient (Wildman–Crippen LogP) is 1.45. The van der Waals surface area contributed by atoms with Gasteiger partial charge in [-0.3, -0.25) is 9.58 Å². The highest BCUT2D eigenvalue weighted by molar-refractivity contribution is 7.07. The van der Waals surface area contributed by atoms with Gasteiger partial charge in [-0.2, -0.15) is 5.10 Å². The first-order chi connectivity index (χ1) is 9.22. The van der Waals surface area contributed by atoms with Gasteiger partial charge in [-0.15, -0.1) is 11.3 Å². The first-order valence-corrected chi connectivity index (χ1v) is 7.51. The van der Waals surface area contributed by atoms with E-state index in [1.807, 2.05) is 16.3 Å². The van der Waals surface area contributed by atoms with E-state index in [1.165, 1.54) is 11.4 Å². The second-order valence-corrected chi connectivity index (χ2v) is 5.68. The minimum Gasteiger partial charge on any atom is -0.387 e. The Balaban J connectivity index is 1.62. The maximum Gasteiger partial charge on any atom is 0.0950 e. The summed E-state index contributed by atoms with van der Waals surface area (Å²) in [5.74, 6) is 0. The summed E-state index contributed by atoms with van der Waals surface area (Å²) in [7, 11) is 0. The van der Waals surface area contributed by atoms with Crippen molar-refractivity contribution in [3.05, 3.63) is 34.0 Å². The van der Waals surface area contributed by atoms with Gasteiger partial charge in [0.2, 0.25) is 0 Å². The zero-order chi connectivity index (χ0) is 13.2. The summed E-state index contributed by atoms with van der Waals surface area (Å²) < 4.78 is 2.02. The fraction of sp³-hybridized carbons (Fsp3) is 0.538. The fourth-order valence-electron chi connectivity index (χ4n) is 2.37. The summed E-state index contributed by atoms with van der Waals surface area (Å²) in [6, 6.07) is 2.01. The van der Waals surface area contributed by atoms with Gasteiger partial charge in [0.25, 0.3) is 0 Å². The molecule has 0 saturated heterocycles. The number of aliphatic hydroxyl groups is 1. The number of aromatic nitrogens is 3. The maximum atomic E-state index is 9.57. The normalized spacial score (nSPS) is 17.4. The van der Waals surface area contributed by atoms with E-state index in [9.17, 15) is 5.11 Å². The summed E-state index contributed by atoms with van der Waals surface area (Å²) in [4.78, 5) is 6.73. The third kappa shape index (κ3) is 2.86. The molecule has 1 atom stereocenters. The molecule has 0 aliphatic carbocycles. The molecule has 3 heterocycles. The number of nitrogens with zero attached hydrogens (tertiary/aromatic N) is 4. The molecule has 2 aromatic rings. The average molecular weight is 278 g/mol. The van der Waals surface area contributed by atoms with Gasteiger partial charge in [-0.25, -0.2) is 4.98 Å². The van der Waals surface area contributed by atoms with E-state index < -0.39 is 6.10 Å². The van der Waals surface area contributed by atoms with Crippen molar-refractivity contribution in [3.63, 3.8) is 0 Å². The number of hydrogen-bond acceptors (Lipinski definition) is 5. The maximum absolute atomic E-state index is 9.57. The van der Waals surface area contributed by atoms with Crippen LogP contribution in [0.5, 0.6) is 0 Å².